The van der Waals surface area contributed by atoms with Gasteiger partial charge in [0.25, 0.3) is 0 Å². The van der Waals surface area contributed by atoms with Gasteiger partial charge in [-0.1, -0.05) is 109 Å². The molecule has 8 rings (SSSR count). The highest BCUT2D eigenvalue weighted by Crippen LogP contribution is 2.37. The van der Waals surface area contributed by atoms with Crippen LogP contribution in [-0.4, -0.2) is 0 Å². The molecule has 0 heterocycles. The molecule has 0 aromatic heterocycles. The standard InChI is InChI=1S/2C17H13N.2ClH/c2*18-10-14-7-6-13-5-4-11-2-1-3-12-8-9-15(14)17(13)16(11)12;;/h2*1-9H,10,18H2;2*1H. The maximum Gasteiger partial charge on any atom is 0.0184 e. The Morgan fingerprint density at radius 3 is 0.974 bits per heavy atom. The molecule has 188 valence electrons. The van der Waals surface area contributed by atoms with Crippen molar-refractivity contribution in [2.24, 2.45) is 11.5 Å². The molecule has 0 bridgehead atoms. The van der Waals surface area contributed by atoms with Crippen LogP contribution in [0.4, 0.5) is 0 Å². The molecular formula is C34H28Cl2N2. The predicted octanol–water partition coefficient (Wildman–Crippen LogP) is 8.93. The number of rotatable bonds is 2. The second kappa shape index (κ2) is 10.2. The van der Waals surface area contributed by atoms with Gasteiger partial charge in [0.1, 0.15) is 0 Å². The molecule has 0 amide bonds. The normalized spacial score (nSPS) is 11.2. The Labute approximate surface area is 233 Å². The van der Waals surface area contributed by atoms with Gasteiger partial charge in [-0.05, 0) is 75.8 Å². The van der Waals surface area contributed by atoms with E-state index in [2.05, 4.69) is 109 Å². The molecule has 0 aliphatic heterocycles. The first-order valence-electron chi connectivity index (χ1n) is 12.5. The summed E-state index contributed by atoms with van der Waals surface area (Å²) in [5, 5.41) is 15.8. The van der Waals surface area contributed by atoms with Gasteiger partial charge in [0.05, 0.1) is 0 Å². The van der Waals surface area contributed by atoms with E-state index in [1.807, 2.05) is 0 Å². The van der Waals surface area contributed by atoms with Crippen LogP contribution in [0.3, 0.4) is 0 Å². The molecule has 4 heteroatoms. The average Bonchev–Trinajstić information content (AvgIpc) is 2.95. The molecule has 4 N–H and O–H groups in total. The van der Waals surface area contributed by atoms with Crippen LogP contribution in [0.15, 0.2) is 109 Å². The van der Waals surface area contributed by atoms with Gasteiger partial charge >= 0.3 is 0 Å². The molecule has 0 aliphatic carbocycles. The molecule has 0 saturated carbocycles. The van der Waals surface area contributed by atoms with Crippen molar-refractivity contribution in [2.45, 2.75) is 13.1 Å². The topological polar surface area (TPSA) is 52.0 Å². The van der Waals surface area contributed by atoms with Crippen LogP contribution in [0, 0.1) is 0 Å². The minimum atomic E-state index is 0. The second-order valence-corrected chi connectivity index (χ2v) is 9.57. The summed E-state index contributed by atoms with van der Waals surface area (Å²) in [7, 11) is 0. The lowest BCUT2D eigenvalue weighted by Gasteiger charge is -2.12. The number of nitrogens with two attached hydrogens (primary N) is 2. The van der Waals surface area contributed by atoms with Crippen molar-refractivity contribution in [2.75, 3.05) is 0 Å². The number of benzene rings is 8. The van der Waals surface area contributed by atoms with E-state index in [1.165, 1.54) is 75.8 Å². The van der Waals surface area contributed by atoms with Crippen molar-refractivity contribution < 1.29 is 0 Å². The number of hydrogen-bond acceptors (Lipinski definition) is 2. The smallest absolute Gasteiger partial charge is 0.0184 e. The van der Waals surface area contributed by atoms with Crippen LogP contribution >= 0.6 is 24.8 Å². The van der Waals surface area contributed by atoms with Crippen molar-refractivity contribution in [1.29, 1.82) is 0 Å². The van der Waals surface area contributed by atoms with E-state index in [0.29, 0.717) is 13.1 Å². The molecule has 0 fully saturated rings. The lowest BCUT2D eigenvalue weighted by molar-refractivity contribution is 1.09. The van der Waals surface area contributed by atoms with Gasteiger partial charge in [-0.2, -0.15) is 0 Å². The highest BCUT2D eigenvalue weighted by Gasteiger charge is 2.10. The van der Waals surface area contributed by atoms with Gasteiger partial charge in [0, 0.05) is 13.1 Å². The monoisotopic (exact) mass is 534 g/mol. The van der Waals surface area contributed by atoms with Gasteiger partial charge < -0.3 is 11.5 Å². The lowest BCUT2D eigenvalue weighted by Crippen LogP contribution is -1.97. The molecule has 2 nitrogen and oxygen atoms in total. The van der Waals surface area contributed by atoms with Gasteiger partial charge in [0.2, 0.25) is 0 Å². The molecule has 38 heavy (non-hydrogen) atoms. The van der Waals surface area contributed by atoms with Crippen LogP contribution < -0.4 is 11.5 Å². The third-order valence-corrected chi connectivity index (χ3v) is 7.68. The maximum atomic E-state index is 5.85. The Morgan fingerprint density at radius 1 is 0.342 bits per heavy atom. The molecule has 0 aliphatic rings. The Balaban J connectivity index is 0.000000147. The van der Waals surface area contributed by atoms with Crippen LogP contribution in [0.2, 0.25) is 0 Å². The molecular weight excluding hydrogens is 507 g/mol. The summed E-state index contributed by atoms with van der Waals surface area (Å²) in [4.78, 5) is 0. The molecule has 0 radical (unpaired) electrons. The van der Waals surface area contributed by atoms with Gasteiger partial charge in [-0.25, -0.2) is 0 Å². The van der Waals surface area contributed by atoms with Crippen LogP contribution in [-0.2, 0) is 13.1 Å². The molecule has 8 aromatic rings. The van der Waals surface area contributed by atoms with Crippen molar-refractivity contribution >= 4 is 89.4 Å². The summed E-state index contributed by atoms with van der Waals surface area (Å²) in [6, 6.07) is 39.2. The predicted molar refractivity (Wildman–Crippen MR) is 171 cm³/mol. The first kappa shape index (κ1) is 26.0. The Morgan fingerprint density at radius 2 is 0.632 bits per heavy atom. The Kier molecular flexibility index (Phi) is 7.00. The lowest BCUT2D eigenvalue weighted by atomic mass is 9.92. The van der Waals surface area contributed by atoms with E-state index in [-0.39, 0.29) is 24.8 Å². The third-order valence-electron chi connectivity index (χ3n) is 7.68. The fraction of sp³-hybridized carbons (Fsp3) is 0.0588. The SMILES string of the molecule is Cl.Cl.NCc1ccc2ccc3cccc4ccc1c2c34.NCc1ccc2ccc3cccc4ccc1c2c34. The average molecular weight is 536 g/mol. The summed E-state index contributed by atoms with van der Waals surface area (Å²) in [5.41, 5.74) is 14.1. The highest BCUT2D eigenvalue weighted by atomic mass is 35.5. The number of halogens is 2. The van der Waals surface area contributed by atoms with Gasteiger partial charge in [-0.3, -0.25) is 0 Å². The first-order valence-corrected chi connectivity index (χ1v) is 12.5. The molecule has 8 aromatic carbocycles. The van der Waals surface area contributed by atoms with E-state index >= 15 is 0 Å². The van der Waals surface area contributed by atoms with Gasteiger partial charge in [-0.15, -0.1) is 24.8 Å². The Bertz CT molecular complexity index is 1850. The Hall–Kier alpha value is -3.66. The van der Waals surface area contributed by atoms with E-state index in [4.69, 9.17) is 11.5 Å². The summed E-state index contributed by atoms with van der Waals surface area (Å²) >= 11 is 0. The second-order valence-electron chi connectivity index (χ2n) is 9.57. The van der Waals surface area contributed by atoms with Crippen LogP contribution in [0.25, 0.3) is 64.6 Å². The molecule has 0 unspecified atom stereocenters. The molecule has 0 atom stereocenters. The van der Waals surface area contributed by atoms with E-state index < -0.39 is 0 Å². The zero-order valence-electron chi connectivity index (χ0n) is 20.8. The highest BCUT2D eigenvalue weighted by molar-refractivity contribution is 6.24. The summed E-state index contributed by atoms with van der Waals surface area (Å²) in [6.07, 6.45) is 0. The maximum absolute atomic E-state index is 5.85. The fourth-order valence-corrected chi connectivity index (χ4v) is 5.95. The van der Waals surface area contributed by atoms with Gasteiger partial charge in [0.15, 0.2) is 0 Å². The summed E-state index contributed by atoms with van der Waals surface area (Å²) in [5.74, 6) is 0. The summed E-state index contributed by atoms with van der Waals surface area (Å²) < 4.78 is 0. The molecule has 0 saturated heterocycles. The zero-order chi connectivity index (χ0) is 24.2. The molecule has 0 spiro atoms. The van der Waals surface area contributed by atoms with Crippen LogP contribution in [0.5, 0.6) is 0 Å². The van der Waals surface area contributed by atoms with Crippen LogP contribution in [0.1, 0.15) is 11.1 Å². The van der Waals surface area contributed by atoms with E-state index in [1.54, 1.807) is 0 Å². The van der Waals surface area contributed by atoms with Crippen molar-refractivity contribution in [3.8, 4) is 0 Å². The quantitative estimate of drug-likeness (QED) is 0.217. The minimum Gasteiger partial charge on any atom is -0.326 e. The summed E-state index contributed by atoms with van der Waals surface area (Å²) in [6.45, 7) is 1.18. The minimum absolute atomic E-state index is 0. The van der Waals surface area contributed by atoms with Crippen molar-refractivity contribution in [3.63, 3.8) is 0 Å². The largest absolute Gasteiger partial charge is 0.326 e. The van der Waals surface area contributed by atoms with Crippen molar-refractivity contribution in [1.82, 2.24) is 0 Å². The van der Waals surface area contributed by atoms with E-state index in [9.17, 15) is 0 Å². The van der Waals surface area contributed by atoms with E-state index in [0.717, 1.165) is 0 Å². The first-order chi connectivity index (χ1) is 17.8. The number of hydrogen-bond donors (Lipinski definition) is 2. The third kappa shape index (κ3) is 3.89. The fourth-order valence-electron chi connectivity index (χ4n) is 5.95. The van der Waals surface area contributed by atoms with Crippen molar-refractivity contribution in [3.05, 3.63) is 120 Å². The zero-order valence-corrected chi connectivity index (χ0v) is 22.4.